The number of pyridine rings is 1. The molecule has 3 saturated heterocycles. The second-order valence-electron chi connectivity index (χ2n) is 10.9. The molecule has 4 aromatic rings. The number of alkyl halides is 1. The lowest BCUT2D eigenvalue weighted by Gasteiger charge is -2.26. The molecule has 1 N–H and O–H groups in total. The van der Waals surface area contributed by atoms with Crippen LogP contribution in [0.15, 0.2) is 36.5 Å². The van der Waals surface area contributed by atoms with Crippen molar-refractivity contribution in [2.45, 2.75) is 43.9 Å². The van der Waals surface area contributed by atoms with Gasteiger partial charge in [0.1, 0.15) is 23.2 Å². The molecule has 0 amide bonds. The molecular formula is C30H32F4N6O. The number of ether oxygens (including phenoxy) is 1. The van der Waals surface area contributed by atoms with Gasteiger partial charge in [0.2, 0.25) is 0 Å². The van der Waals surface area contributed by atoms with E-state index < -0.39 is 23.6 Å². The molecule has 7 nitrogen and oxygen atoms in total. The molecule has 2 aromatic carbocycles. The maximum absolute atomic E-state index is 15.8. The van der Waals surface area contributed by atoms with E-state index in [0.29, 0.717) is 29.2 Å². The number of methoxy groups -OCH3 is 1. The summed E-state index contributed by atoms with van der Waals surface area (Å²) in [6, 6.07) is 8.08. The van der Waals surface area contributed by atoms with E-state index in [9.17, 15) is 13.2 Å². The zero-order valence-corrected chi connectivity index (χ0v) is 23.0. The Morgan fingerprint density at radius 2 is 1.93 bits per heavy atom. The van der Waals surface area contributed by atoms with Crippen LogP contribution in [0.1, 0.15) is 25.7 Å². The summed E-state index contributed by atoms with van der Waals surface area (Å²) in [7, 11) is 3.29. The van der Waals surface area contributed by atoms with Crippen LogP contribution in [0, 0.1) is 17.5 Å². The summed E-state index contributed by atoms with van der Waals surface area (Å²) >= 11 is 0. The van der Waals surface area contributed by atoms with Gasteiger partial charge in [0.15, 0.2) is 17.5 Å². The molecule has 0 aliphatic carbocycles. The molecule has 0 bridgehead atoms. The standard InChI is InChI=1S/C23H20F3N5O.C7H12FN/c1-31(13-8-9-27-10-13)22-15-11-28-20(19(26)21(15)29-23(30-22)32-2)14-5-3-4-12-6-7-16(24)18(25)17(12)14;8-6-4-7-2-1-3-9(7)5-6/h3-7,11,13,27H,8-10H2,1-2H3;6-7H,1-5H2. The van der Waals surface area contributed by atoms with E-state index in [1.807, 2.05) is 11.9 Å². The fourth-order valence-electron chi connectivity index (χ4n) is 6.25. The summed E-state index contributed by atoms with van der Waals surface area (Å²) in [6.07, 6.45) is 5.20. The second kappa shape index (κ2) is 11.4. The van der Waals surface area contributed by atoms with Gasteiger partial charge in [0.05, 0.1) is 12.5 Å². The number of hydrogen-bond acceptors (Lipinski definition) is 7. The lowest BCUT2D eigenvalue weighted by atomic mass is 10.00. The number of hydrogen-bond donors (Lipinski definition) is 1. The zero-order valence-electron chi connectivity index (χ0n) is 23.0. The molecule has 7 rings (SSSR count). The van der Waals surface area contributed by atoms with E-state index in [-0.39, 0.29) is 34.2 Å². The first-order chi connectivity index (χ1) is 19.9. The number of rotatable bonds is 4. The number of aromatic nitrogens is 3. The SMILES string of the molecule is COc1nc(N(C)C2CCNC2)c2cnc(-c3cccc4ccc(F)c(F)c34)c(F)c2n1.FC1CC2CCCN2C1. The van der Waals surface area contributed by atoms with Crippen LogP contribution >= 0.6 is 0 Å². The first kappa shape index (κ1) is 27.6. The maximum atomic E-state index is 15.8. The molecule has 0 radical (unpaired) electrons. The van der Waals surface area contributed by atoms with Gasteiger partial charge >= 0.3 is 6.01 Å². The highest BCUT2D eigenvalue weighted by Crippen LogP contribution is 2.36. The Morgan fingerprint density at radius 1 is 1.07 bits per heavy atom. The van der Waals surface area contributed by atoms with E-state index >= 15 is 4.39 Å². The third kappa shape index (κ3) is 5.17. The lowest BCUT2D eigenvalue weighted by Crippen LogP contribution is -2.34. The maximum Gasteiger partial charge on any atom is 0.318 e. The van der Waals surface area contributed by atoms with Crippen LogP contribution in [0.4, 0.5) is 23.4 Å². The van der Waals surface area contributed by atoms with Crippen LogP contribution in [0.2, 0.25) is 0 Å². The summed E-state index contributed by atoms with van der Waals surface area (Å²) in [5.41, 5.74) is 0.0272. The van der Waals surface area contributed by atoms with Gasteiger partial charge in [-0.15, -0.1) is 0 Å². The molecule has 0 saturated carbocycles. The van der Waals surface area contributed by atoms with Gasteiger partial charge in [0, 0.05) is 49.4 Å². The fourth-order valence-corrected chi connectivity index (χ4v) is 6.25. The van der Waals surface area contributed by atoms with E-state index in [1.54, 1.807) is 12.1 Å². The van der Waals surface area contributed by atoms with Gasteiger partial charge in [-0.1, -0.05) is 24.3 Å². The first-order valence-corrected chi connectivity index (χ1v) is 13.9. The average Bonchev–Trinajstić information content (AvgIpc) is 3.74. The molecule has 3 aliphatic rings. The van der Waals surface area contributed by atoms with Crippen LogP contribution in [-0.4, -0.2) is 78.4 Å². The number of benzene rings is 2. The van der Waals surface area contributed by atoms with Crippen molar-refractivity contribution < 1.29 is 22.3 Å². The monoisotopic (exact) mass is 568 g/mol. The van der Waals surface area contributed by atoms with Crippen molar-refractivity contribution in [2.24, 2.45) is 0 Å². The van der Waals surface area contributed by atoms with Gasteiger partial charge in [-0.05, 0) is 50.2 Å². The van der Waals surface area contributed by atoms with E-state index in [2.05, 4.69) is 25.2 Å². The van der Waals surface area contributed by atoms with Crippen molar-refractivity contribution in [1.82, 2.24) is 25.2 Å². The van der Waals surface area contributed by atoms with E-state index in [4.69, 9.17) is 4.74 Å². The Morgan fingerprint density at radius 3 is 2.68 bits per heavy atom. The zero-order chi connectivity index (χ0) is 28.7. The van der Waals surface area contributed by atoms with Gasteiger partial charge in [-0.2, -0.15) is 9.97 Å². The quantitative estimate of drug-likeness (QED) is 0.337. The molecule has 216 valence electrons. The highest BCUT2D eigenvalue weighted by molar-refractivity contribution is 5.99. The number of nitrogens with one attached hydrogen (secondary N) is 1. The minimum absolute atomic E-state index is 0.00321. The molecule has 3 fully saturated rings. The van der Waals surface area contributed by atoms with Crippen molar-refractivity contribution in [3.8, 4) is 17.3 Å². The topological polar surface area (TPSA) is 66.4 Å². The van der Waals surface area contributed by atoms with Crippen LogP contribution in [0.5, 0.6) is 6.01 Å². The summed E-state index contributed by atoms with van der Waals surface area (Å²) in [5.74, 6) is -2.31. The van der Waals surface area contributed by atoms with Gasteiger partial charge in [-0.25, -0.2) is 17.6 Å². The first-order valence-electron chi connectivity index (χ1n) is 13.9. The molecule has 11 heteroatoms. The summed E-state index contributed by atoms with van der Waals surface area (Å²) in [4.78, 5) is 17.2. The van der Waals surface area contributed by atoms with Gasteiger partial charge < -0.3 is 15.0 Å². The van der Waals surface area contributed by atoms with E-state index in [0.717, 1.165) is 38.5 Å². The lowest BCUT2D eigenvalue weighted by molar-refractivity contribution is 0.292. The summed E-state index contributed by atoms with van der Waals surface area (Å²) < 4.78 is 62.2. The van der Waals surface area contributed by atoms with Crippen molar-refractivity contribution in [1.29, 1.82) is 0 Å². The van der Waals surface area contributed by atoms with E-state index in [1.165, 1.54) is 38.3 Å². The van der Waals surface area contributed by atoms with Crippen molar-refractivity contribution in [3.05, 3.63) is 54.0 Å². The van der Waals surface area contributed by atoms with Crippen LogP contribution < -0.4 is 15.0 Å². The Labute approximate surface area is 235 Å². The molecule has 0 spiro atoms. The number of nitrogens with zero attached hydrogens (tertiary/aromatic N) is 5. The molecular weight excluding hydrogens is 536 g/mol. The molecule has 3 aliphatic heterocycles. The minimum atomic E-state index is -1.05. The number of fused-ring (bicyclic) bond motifs is 3. The Bertz CT molecular complexity index is 1570. The van der Waals surface area contributed by atoms with Crippen molar-refractivity contribution in [2.75, 3.05) is 45.2 Å². The van der Waals surface area contributed by atoms with Crippen LogP contribution in [0.3, 0.4) is 0 Å². The molecule has 3 unspecified atom stereocenters. The summed E-state index contributed by atoms with van der Waals surface area (Å²) in [6.45, 7) is 3.52. The molecule has 41 heavy (non-hydrogen) atoms. The normalized spacial score (nSPS) is 22.1. The highest BCUT2D eigenvalue weighted by atomic mass is 19.2. The van der Waals surface area contributed by atoms with Crippen LogP contribution in [-0.2, 0) is 0 Å². The van der Waals surface area contributed by atoms with Crippen molar-refractivity contribution >= 4 is 27.5 Å². The number of likely N-dealkylation sites (N-methyl/N-ethyl adjacent to an activating group) is 1. The largest absolute Gasteiger partial charge is 0.467 e. The smallest absolute Gasteiger partial charge is 0.318 e. The fraction of sp³-hybridized carbons (Fsp3) is 0.433. The number of halogens is 4. The average molecular weight is 569 g/mol. The predicted octanol–water partition coefficient (Wildman–Crippen LogP) is 5.26. The third-order valence-corrected chi connectivity index (χ3v) is 8.39. The second-order valence-corrected chi connectivity index (χ2v) is 10.9. The molecule has 5 heterocycles. The van der Waals surface area contributed by atoms with Crippen molar-refractivity contribution in [3.63, 3.8) is 0 Å². The predicted molar refractivity (Wildman–Crippen MR) is 150 cm³/mol. The Hall–Kier alpha value is -3.57. The number of anilines is 1. The van der Waals surface area contributed by atoms with Gasteiger partial charge in [-0.3, -0.25) is 9.88 Å². The minimum Gasteiger partial charge on any atom is -0.467 e. The third-order valence-electron chi connectivity index (χ3n) is 8.39. The summed E-state index contributed by atoms with van der Waals surface area (Å²) in [5, 5.41) is 4.11. The van der Waals surface area contributed by atoms with Gasteiger partial charge in [0.25, 0.3) is 0 Å². The highest BCUT2D eigenvalue weighted by Gasteiger charge is 2.34. The van der Waals surface area contributed by atoms with Crippen LogP contribution in [0.25, 0.3) is 32.9 Å². The Kier molecular flexibility index (Phi) is 7.65. The molecule has 2 aromatic heterocycles. The Balaban J connectivity index is 0.000000283. The molecule has 3 atom stereocenters.